The van der Waals surface area contributed by atoms with Gasteiger partial charge in [-0.25, -0.2) is 0 Å². The summed E-state index contributed by atoms with van der Waals surface area (Å²) in [4.78, 5) is 0. The second kappa shape index (κ2) is 8.59. The van der Waals surface area contributed by atoms with Crippen molar-refractivity contribution in [2.75, 3.05) is 0 Å². The predicted octanol–water partition coefficient (Wildman–Crippen LogP) is 4.89. The Hall–Kier alpha value is -2.62. The zero-order valence-electron chi connectivity index (χ0n) is 14.2. The molecule has 150 valence electrons. The zero-order valence-corrected chi connectivity index (χ0v) is 15.1. The third-order valence-corrected chi connectivity index (χ3v) is 3.81. The highest BCUT2D eigenvalue weighted by Crippen LogP contribution is 2.36. The number of nitrogens with two attached hydrogens (primary N) is 1. The summed E-state index contributed by atoms with van der Waals surface area (Å²) in [5.41, 5.74) is 5.17. The molecule has 0 fully saturated rings. The fourth-order valence-electron chi connectivity index (χ4n) is 2.42. The van der Waals surface area contributed by atoms with Crippen LogP contribution in [-0.4, -0.2) is 10.8 Å². The van der Waals surface area contributed by atoms with Crippen molar-refractivity contribution < 1.29 is 26.3 Å². The average Bonchev–Trinajstić information content (AvgIpc) is 2.60. The highest BCUT2D eigenvalue weighted by atomic mass is 32.1. The summed E-state index contributed by atoms with van der Waals surface area (Å²) in [6, 6.07) is 10.2. The number of aryl methyl sites for hydroxylation is 1. The molecule has 0 aromatic heterocycles. The second-order valence-electron chi connectivity index (χ2n) is 5.81. The zero-order chi connectivity index (χ0) is 20.9. The van der Waals surface area contributed by atoms with Crippen molar-refractivity contribution in [1.82, 2.24) is 5.43 Å². The molecule has 0 bridgehead atoms. The third-order valence-electron chi connectivity index (χ3n) is 3.72. The van der Waals surface area contributed by atoms with Gasteiger partial charge in [0.1, 0.15) is 0 Å². The Morgan fingerprint density at radius 1 is 0.929 bits per heavy atom. The van der Waals surface area contributed by atoms with Gasteiger partial charge in [-0.3, -0.25) is 5.43 Å². The maximum absolute atomic E-state index is 13.1. The van der Waals surface area contributed by atoms with Crippen LogP contribution in [0.25, 0.3) is 0 Å². The average molecular weight is 419 g/mol. The first-order valence-electron chi connectivity index (χ1n) is 7.92. The van der Waals surface area contributed by atoms with Gasteiger partial charge in [0.05, 0.1) is 16.8 Å². The van der Waals surface area contributed by atoms with Crippen LogP contribution >= 0.6 is 12.2 Å². The van der Waals surface area contributed by atoms with Crippen molar-refractivity contribution in [3.63, 3.8) is 0 Å². The molecule has 28 heavy (non-hydrogen) atoms. The monoisotopic (exact) mass is 419 g/mol. The molecular weight excluding hydrogens is 404 g/mol. The normalized spacial score (nSPS) is 12.7. The standard InChI is InChI=1S/C18H15F6N3S/c19-17(20,21)13-8-12(9-14(10-13)18(22,23)24)15(26-27-16(25)28)7-6-11-4-2-1-3-5-11/h1-5,8-10H,6-7H2,(H3,25,27,28)/b26-15+. The maximum Gasteiger partial charge on any atom is 0.416 e. The number of halogens is 6. The smallest absolute Gasteiger partial charge is 0.375 e. The van der Waals surface area contributed by atoms with Gasteiger partial charge >= 0.3 is 12.4 Å². The van der Waals surface area contributed by atoms with Crippen LogP contribution in [0.15, 0.2) is 53.6 Å². The summed E-state index contributed by atoms with van der Waals surface area (Å²) in [6.07, 6.45) is -9.48. The minimum Gasteiger partial charge on any atom is -0.375 e. The summed E-state index contributed by atoms with van der Waals surface area (Å²) in [6.45, 7) is 0. The van der Waals surface area contributed by atoms with E-state index >= 15 is 0 Å². The van der Waals surface area contributed by atoms with E-state index in [0.29, 0.717) is 18.6 Å². The van der Waals surface area contributed by atoms with E-state index in [1.54, 1.807) is 30.3 Å². The molecule has 0 aliphatic carbocycles. The first-order valence-corrected chi connectivity index (χ1v) is 8.33. The summed E-state index contributed by atoms with van der Waals surface area (Å²) in [7, 11) is 0. The lowest BCUT2D eigenvalue weighted by Gasteiger charge is -2.15. The van der Waals surface area contributed by atoms with E-state index in [9.17, 15) is 26.3 Å². The van der Waals surface area contributed by atoms with E-state index in [1.807, 2.05) is 0 Å². The molecule has 0 spiro atoms. The number of alkyl halides is 6. The Balaban J connectivity index is 2.48. The molecular formula is C18H15F6N3S. The number of hydrogen-bond acceptors (Lipinski definition) is 2. The lowest BCUT2D eigenvalue weighted by atomic mass is 9.97. The first-order chi connectivity index (χ1) is 13.0. The molecule has 0 amide bonds. The number of thiocarbonyl (C=S) groups is 1. The summed E-state index contributed by atoms with van der Waals surface area (Å²) in [5.74, 6) is 0. The fourth-order valence-corrected chi connectivity index (χ4v) is 2.46. The Morgan fingerprint density at radius 2 is 1.46 bits per heavy atom. The third kappa shape index (κ3) is 6.22. The molecule has 0 aliphatic heterocycles. The number of benzene rings is 2. The lowest BCUT2D eigenvalue weighted by molar-refractivity contribution is -0.143. The van der Waals surface area contributed by atoms with Gasteiger partial charge in [0.25, 0.3) is 0 Å². The van der Waals surface area contributed by atoms with Gasteiger partial charge < -0.3 is 5.73 Å². The van der Waals surface area contributed by atoms with Crippen LogP contribution in [-0.2, 0) is 18.8 Å². The molecule has 2 aromatic rings. The van der Waals surface area contributed by atoms with Crippen LogP contribution in [0.2, 0.25) is 0 Å². The Morgan fingerprint density at radius 3 is 1.93 bits per heavy atom. The molecule has 0 radical (unpaired) electrons. The summed E-state index contributed by atoms with van der Waals surface area (Å²) < 4.78 is 78.6. The first kappa shape index (κ1) is 21.7. The molecule has 0 saturated carbocycles. The molecule has 0 saturated heterocycles. The fraction of sp³-hybridized carbons (Fsp3) is 0.222. The number of hydrazone groups is 1. The van der Waals surface area contributed by atoms with Crippen molar-refractivity contribution in [1.29, 1.82) is 0 Å². The molecule has 0 unspecified atom stereocenters. The highest BCUT2D eigenvalue weighted by Gasteiger charge is 2.37. The molecule has 0 atom stereocenters. The minimum atomic E-state index is -4.95. The van der Waals surface area contributed by atoms with Crippen molar-refractivity contribution in [3.8, 4) is 0 Å². The van der Waals surface area contributed by atoms with Gasteiger partial charge in [0.15, 0.2) is 5.11 Å². The van der Waals surface area contributed by atoms with E-state index in [4.69, 9.17) is 5.73 Å². The highest BCUT2D eigenvalue weighted by molar-refractivity contribution is 7.80. The minimum absolute atomic E-state index is 0.0340. The van der Waals surface area contributed by atoms with Crippen LogP contribution in [0.3, 0.4) is 0 Å². The van der Waals surface area contributed by atoms with Crippen molar-refractivity contribution in [2.45, 2.75) is 25.2 Å². The Labute approximate surface area is 162 Å². The maximum atomic E-state index is 13.1. The Bertz CT molecular complexity index is 828. The lowest BCUT2D eigenvalue weighted by Crippen LogP contribution is -2.26. The molecule has 3 N–H and O–H groups in total. The van der Waals surface area contributed by atoms with Crippen LogP contribution < -0.4 is 11.2 Å². The van der Waals surface area contributed by atoms with Crippen molar-refractivity contribution in [2.24, 2.45) is 10.8 Å². The van der Waals surface area contributed by atoms with Crippen LogP contribution in [0.1, 0.15) is 28.7 Å². The number of nitrogens with one attached hydrogen (secondary N) is 1. The SMILES string of the molecule is NC(=S)N/N=C(\CCc1ccccc1)c1cc(C(F)(F)F)cc(C(F)(F)F)c1. The molecule has 3 nitrogen and oxygen atoms in total. The van der Waals surface area contributed by atoms with E-state index in [2.05, 4.69) is 22.7 Å². The predicted molar refractivity (Wildman–Crippen MR) is 97.7 cm³/mol. The van der Waals surface area contributed by atoms with Crippen molar-refractivity contribution in [3.05, 3.63) is 70.8 Å². The second-order valence-corrected chi connectivity index (χ2v) is 6.25. The van der Waals surface area contributed by atoms with Crippen molar-refractivity contribution >= 4 is 23.0 Å². The molecule has 0 heterocycles. The number of nitrogens with zero attached hydrogens (tertiary/aromatic N) is 1. The number of hydrogen-bond donors (Lipinski definition) is 2. The van der Waals surface area contributed by atoms with E-state index in [0.717, 1.165) is 5.56 Å². The van der Waals surface area contributed by atoms with E-state index < -0.39 is 23.5 Å². The summed E-state index contributed by atoms with van der Waals surface area (Å²) in [5, 5.41) is 3.56. The van der Waals surface area contributed by atoms with Crippen LogP contribution in [0.4, 0.5) is 26.3 Å². The van der Waals surface area contributed by atoms with Gasteiger partial charge in [-0.2, -0.15) is 31.4 Å². The molecule has 2 aromatic carbocycles. The quantitative estimate of drug-likeness (QED) is 0.314. The number of rotatable bonds is 5. The molecule has 10 heteroatoms. The van der Waals surface area contributed by atoms with Crippen LogP contribution in [0.5, 0.6) is 0 Å². The largest absolute Gasteiger partial charge is 0.416 e. The van der Waals surface area contributed by atoms with Gasteiger partial charge in [-0.1, -0.05) is 30.3 Å². The van der Waals surface area contributed by atoms with E-state index in [1.165, 1.54) is 0 Å². The summed E-state index contributed by atoms with van der Waals surface area (Å²) >= 11 is 4.61. The van der Waals surface area contributed by atoms with Gasteiger partial charge in [-0.05, 0) is 54.4 Å². The van der Waals surface area contributed by atoms with Gasteiger partial charge in [0.2, 0.25) is 0 Å². The molecule has 2 rings (SSSR count). The van der Waals surface area contributed by atoms with Gasteiger partial charge in [-0.15, -0.1) is 0 Å². The van der Waals surface area contributed by atoms with Gasteiger partial charge in [0, 0.05) is 0 Å². The van der Waals surface area contributed by atoms with E-state index in [-0.39, 0.29) is 28.9 Å². The van der Waals surface area contributed by atoms with Crippen LogP contribution in [0, 0.1) is 0 Å². The molecule has 0 aliphatic rings. The topological polar surface area (TPSA) is 50.4 Å². The Kier molecular flexibility index (Phi) is 6.65.